The van der Waals surface area contributed by atoms with Gasteiger partial charge in [0, 0.05) is 25.1 Å². The maximum atomic E-state index is 13.5. The van der Waals surface area contributed by atoms with Gasteiger partial charge in [0.15, 0.2) is 0 Å². The van der Waals surface area contributed by atoms with Crippen molar-refractivity contribution in [2.24, 2.45) is 17.3 Å². The second-order valence-electron chi connectivity index (χ2n) is 9.25. The Morgan fingerprint density at radius 2 is 1.69 bits per heavy atom. The van der Waals surface area contributed by atoms with E-state index in [1.807, 2.05) is 0 Å². The fourth-order valence-electron chi connectivity index (χ4n) is 6.39. The Kier molecular flexibility index (Phi) is 4.79. The molecule has 2 unspecified atom stereocenters. The number of hydrogen-bond acceptors (Lipinski definition) is 4. The summed E-state index contributed by atoms with van der Waals surface area (Å²) in [5, 5.41) is 9.01. The minimum absolute atomic E-state index is 0.0143. The van der Waals surface area contributed by atoms with Crippen molar-refractivity contribution in [3.63, 3.8) is 0 Å². The monoisotopic (exact) mass is 399 g/mol. The molecular weight excluding hydrogens is 370 g/mol. The zero-order valence-electron chi connectivity index (χ0n) is 17.3. The van der Waals surface area contributed by atoms with E-state index in [0.29, 0.717) is 35.4 Å². The predicted octanol–water partition coefficient (Wildman–Crippen LogP) is 3.07. The Bertz CT molecular complexity index is 852. The first-order valence-corrected chi connectivity index (χ1v) is 10.3. The van der Waals surface area contributed by atoms with Crippen molar-refractivity contribution in [1.82, 2.24) is 5.32 Å². The number of carbonyl (C=O) groups is 3. The molecule has 4 aliphatic rings. The molecule has 0 heterocycles. The zero-order valence-corrected chi connectivity index (χ0v) is 17.3. The van der Waals surface area contributed by atoms with E-state index in [0.717, 1.165) is 32.1 Å². The van der Waals surface area contributed by atoms with Gasteiger partial charge in [0.05, 0.1) is 18.2 Å². The highest BCUT2D eigenvalue weighted by Gasteiger charge is 2.60. The van der Waals surface area contributed by atoms with Crippen LogP contribution in [0.4, 0.5) is 11.4 Å². The largest absolute Gasteiger partial charge is 0.495 e. The molecule has 0 aliphatic heterocycles. The maximum absolute atomic E-state index is 13.5. The topological polar surface area (TPSA) is 96.5 Å². The maximum Gasteiger partial charge on any atom is 0.230 e. The molecule has 1 aromatic rings. The minimum atomic E-state index is -0.471. The quantitative estimate of drug-likeness (QED) is 0.709. The summed E-state index contributed by atoms with van der Waals surface area (Å²) in [5.41, 5.74) is 0.429. The van der Waals surface area contributed by atoms with E-state index in [9.17, 15) is 14.4 Å². The molecule has 5 rings (SSSR count). The molecule has 0 radical (unpaired) electrons. The molecule has 4 atom stereocenters. The molecule has 7 nitrogen and oxygen atoms in total. The van der Waals surface area contributed by atoms with Gasteiger partial charge < -0.3 is 20.7 Å². The lowest BCUT2D eigenvalue weighted by molar-refractivity contribution is -0.148. The first-order chi connectivity index (χ1) is 13.7. The molecule has 0 saturated heterocycles. The van der Waals surface area contributed by atoms with Crippen LogP contribution in [0, 0.1) is 17.3 Å². The van der Waals surface area contributed by atoms with E-state index < -0.39 is 5.41 Å². The Labute approximate surface area is 171 Å². The molecule has 156 valence electrons. The van der Waals surface area contributed by atoms with Crippen molar-refractivity contribution >= 4 is 29.1 Å². The average Bonchev–Trinajstić information content (AvgIpc) is 2.59. The van der Waals surface area contributed by atoms with Crippen LogP contribution in [0.1, 0.15) is 52.4 Å². The molecule has 4 bridgehead atoms. The Morgan fingerprint density at radius 1 is 1.00 bits per heavy atom. The van der Waals surface area contributed by atoms with Crippen molar-refractivity contribution in [3.8, 4) is 5.75 Å². The van der Waals surface area contributed by atoms with Gasteiger partial charge in [-0.25, -0.2) is 0 Å². The van der Waals surface area contributed by atoms with Gasteiger partial charge in [-0.2, -0.15) is 0 Å². The number of ether oxygens (including phenoxy) is 1. The van der Waals surface area contributed by atoms with E-state index in [-0.39, 0.29) is 23.3 Å². The van der Waals surface area contributed by atoms with E-state index >= 15 is 0 Å². The summed E-state index contributed by atoms with van der Waals surface area (Å²) >= 11 is 0. The van der Waals surface area contributed by atoms with E-state index in [4.69, 9.17) is 4.74 Å². The lowest BCUT2D eigenvalue weighted by atomic mass is 9.46. The molecule has 4 fully saturated rings. The average molecular weight is 399 g/mol. The number of methoxy groups -OCH3 is 1. The molecule has 4 aliphatic carbocycles. The number of rotatable bonds is 5. The van der Waals surface area contributed by atoms with Crippen molar-refractivity contribution in [2.45, 2.75) is 57.9 Å². The van der Waals surface area contributed by atoms with Crippen molar-refractivity contribution in [3.05, 3.63) is 18.2 Å². The van der Waals surface area contributed by atoms with Gasteiger partial charge in [-0.05, 0) is 68.6 Å². The van der Waals surface area contributed by atoms with Crippen LogP contribution in [0.5, 0.6) is 5.75 Å². The molecule has 7 heteroatoms. The van der Waals surface area contributed by atoms with Crippen LogP contribution in [0.25, 0.3) is 0 Å². The number of nitrogens with one attached hydrogen (secondary N) is 3. The zero-order chi connectivity index (χ0) is 20.8. The lowest BCUT2D eigenvalue weighted by Gasteiger charge is -2.61. The predicted molar refractivity (Wildman–Crippen MR) is 110 cm³/mol. The summed E-state index contributed by atoms with van der Waals surface area (Å²) < 4.78 is 5.41. The van der Waals surface area contributed by atoms with Crippen molar-refractivity contribution < 1.29 is 19.1 Å². The third kappa shape index (κ3) is 3.70. The number of benzene rings is 1. The van der Waals surface area contributed by atoms with E-state index in [1.165, 1.54) is 6.92 Å². The summed E-state index contributed by atoms with van der Waals surface area (Å²) in [4.78, 5) is 36.8. The Balaban J connectivity index is 1.60. The molecule has 0 spiro atoms. The van der Waals surface area contributed by atoms with Crippen LogP contribution in [-0.4, -0.2) is 30.4 Å². The van der Waals surface area contributed by atoms with Crippen molar-refractivity contribution in [1.29, 1.82) is 0 Å². The second kappa shape index (κ2) is 7.04. The Morgan fingerprint density at radius 3 is 2.28 bits per heavy atom. The standard InChI is InChI=1S/C22H29N3O4/c1-13(26)23-17-4-5-19(29-3)18(7-17)24-20(28)21-8-15-6-16(9-21)11-22(10-15,12-21)25-14(2)27/h4-5,7,15-16H,6,8-12H2,1-3H3,(H,23,26)(H,24,28)(H,25,27)/t15-,16+,21?,22?. The third-order valence-electron chi connectivity index (χ3n) is 6.75. The first-order valence-electron chi connectivity index (χ1n) is 10.3. The smallest absolute Gasteiger partial charge is 0.230 e. The molecule has 3 N–H and O–H groups in total. The molecule has 3 amide bonds. The molecular formula is C22H29N3O4. The van der Waals surface area contributed by atoms with Crippen LogP contribution in [0.2, 0.25) is 0 Å². The summed E-state index contributed by atoms with van der Waals surface area (Å²) in [5.74, 6) is 1.29. The second-order valence-corrected chi connectivity index (χ2v) is 9.25. The fourth-order valence-corrected chi connectivity index (χ4v) is 6.39. The molecule has 1 aromatic carbocycles. The third-order valence-corrected chi connectivity index (χ3v) is 6.75. The summed E-state index contributed by atoms with van der Waals surface area (Å²) in [6.45, 7) is 3.00. The number of hydrogen-bond donors (Lipinski definition) is 3. The number of amides is 3. The van der Waals surface area contributed by atoms with Crippen LogP contribution < -0.4 is 20.7 Å². The van der Waals surface area contributed by atoms with Crippen molar-refractivity contribution in [2.75, 3.05) is 17.7 Å². The molecule has 0 aromatic heterocycles. The first kappa shape index (κ1) is 19.7. The molecule has 29 heavy (non-hydrogen) atoms. The van der Waals surface area contributed by atoms with Gasteiger partial charge in [-0.1, -0.05) is 0 Å². The van der Waals surface area contributed by atoms with Crippen LogP contribution in [-0.2, 0) is 14.4 Å². The van der Waals surface area contributed by atoms with Gasteiger partial charge in [-0.3, -0.25) is 14.4 Å². The van der Waals surface area contributed by atoms with Crippen LogP contribution in [0.3, 0.4) is 0 Å². The summed E-state index contributed by atoms with van der Waals surface area (Å²) in [6, 6.07) is 5.20. The highest BCUT2D eigenvalue weighted by Crippen LogP contribution is 2.62. The van der Waals surface area contributed by atoms with Gasteiger partial charge in [0.2, 0.25) is 17.7 Å². The summed E-state index contributed by atoms with van der Waals surface area (Å²) in [7, 11) is 1.56. The number of carbonyl (C=O) groups excluding carboxylic acids is 3. The normalized spacial score (nSPS) is 31.8. The number of anilines is 2. The molecule has 4 saturated carbocycles. The van der Waals surface area contributed by atoms with Gasteiger partial charge in [0.25, 0.3) is 0 Å². The fraction of sp³-hybridized carbons (Fsp3) is 0.591. The Hall–Kier alpha value is -2.57. The van der Waals surface area contributed by atoms with Crippen LogP contribution >= 0.6 is 0 Å². The highest BCUT2D eigenvalue weighted by atomic mass is 16.5. The van der Waals surface area contributed by atoms with Gasteiger partial charge >= 0.3 is 0 Å². The highest BCUT2D eigenvalue weighted by molar-refractivity contribution is 5.98. The van der Waals surface area contributed by atoms with E-state index in [1.54, 1.807) is 32.2 Å². The van der Waals surface area contributed by atoms with Gasteiger partial charge in [0.1, 0.15) is 5.75 Å². The minimum Gasteiger partial charge on any atom is -0.495 e. The SMILES string of the molecule is COc1ccc(NC(C)=O)cc1NC(=O)C12C[C@@H]3C[C@@H](CC(NC(C)=O)(C3)C1)C2. The van der Waals surface area contributed by atoms with Crippen LogP contribution in [0.15, 0.2) is 18.2 Å². The van der Waals surface area contributed by atoms with Gasteiger partial charge in [-0.15, -0.1) is 0 Å². The van der Waals surface area contributed by atoms with E-state index in [2.05, 4.69) is 16.0 Å². The summed E-state index contributed by atoms with van der Waals surface area (Å²) in [6.07, 6.45) is 5.51. The lowest BCUT2D eigenvalue weighted by Crippen LogP contribution is -2.65.